The third kappa shape index (κ3) is 2.12. The molecule has 3 heteroatoms. The van der Waals surface area contributed by atoms with Gasteiger partial charge in [-0.1, -0.05) is 18.2 Å². The van der Waals surface area contributed by atoms with E-state index in [9.17, 15) is 9.90 Å². The second kappa shape index (κ2) is 4.50. The molecule has 1 aliphatic carbocycles. The van der Waals surface area contributed by atoms with Crippen molar-refractivity contribution in [2.75, 3.05) is 0 Å². The zero-order chi connectivity index (χ0) is 13.4. The third-order valence-electron chi connectivity index (χ3n) is 3.49. The van der Waals surface area contributed by atoms with Gasteiger partial charge in [-0.3, -0.25) is 4.79 Å². The molecular formula is C16H15NO2. The molecule has 1 aromatic carbocycles. The molecule has 0 saturated heterocycles. The minimum atomic E-state index is -0.0109. The van der Waals surface area contributed by atoms with Crippen LogP contribution in [-0.2, 0) is 4.79 Å². The van der Waals surface area contributed by atoms with Crippen molar-refractivity contribution >= 4 is 22.3 Å². The summed E-state index contributed by atoms with van der Waals surface area (Å²) in [5, 5.41) is 11.0. The summed E-state index contributed by atoms with van der Waals surface area (Å²) in [4.78, 5) is 16.5. The molecule has 19 heavy (non-hydrogen) atoms. The summed E-state index contributed by atoms with van der Waals surface area (Å²) in [7, 11) is 0. The van der Waals surface area contributed by atoms with Gasteiger partial charge >= 0.3 is 0 Å². The highest BCUT2D eigenvalue weighted by Crippen LogP contribution is 2.28. The first-order valence-corrected chi connectivity index (χ1v) is 6.48. The molecule has 2 aromatic rings. The summed E-state index contributed by atoms with van der Waals surface area (Å²) >= 11 is 0. The van der Waals surface area contributed by atoms with Gasteiger partial charge in [0, 0.05) is 18.2 Å². The van der Waals surface area contributed by atoms with E-state index < -0.39 is 0 Å². The second-order valence-electron chi connectivity index (χ2n) is 4.99. The van der Waals surface area contributed by atoms with Gasteiger partial charge in [-0.15, -0.1) is 0 Å². The van der Waals surface area contributed by atoms with E-state index in [2.05, 4.69) is 4.98 Å². The number of ketones is 1. The number of Topliss-reactive ketones (excluding diaryl/α,β-unsaturated/α-hetero) is 1. The molecule has 0 spiro atoms. The number of aryl methyl sites for hydroxylation is 1. The number of allylic oxidation sites excluding steroid dienone is 2. The molecule has 0 bridgehead atoms. The Bertz CT molecular complexity index is 701. The smallest absolute Gasteiger partial charge is 0.168 e. The van der Waals surface area contributed by atoms with Crippen LogP contribution in [0.3, 0.4) is 0 Å². The Morgan fingerprint density at radius 3 is 2.74 bits per heavy atom. The van der Waals surface area contributed by atoms with Crippen molar-refractivity contribution in [3.8, 4) is 0 Å². The molecule has 3 nitrogen and oxygen atoms in total. The Morgan fingerprint density at radius 2 is 1.95 bits per heavy atom. The quantitative estimate of drug-likeness (QED) is 0.845. The summed E-state index contributed by atoms with van der Waals surface area (Å²) in [6, 6.07) is 9.79. The number of hydrogen-bond donors (Lipinski definition) is 1. The number of benzene rings is 1. The number of hydrogen-bond acceptors (Lipinski definition) is 3. The first-order valence-electron chi connectivity index (χ1n) is 6.48. The molecule has 1 aromatic heterocycles. The fraction of sp³-hybridized carbons (Fsp3) is 0.250. The normalized spacial score (nSPS) is 16.2. The monoisotopic (exact) mass is 253 g/mol. The Hall–Kier alpha value is -2.16. The number of carbonyl (C=O) groups is 1. The third-order valence-corrected chi connectivity index (χ3v) is 3.49. The predicted octanol–water partition coefficient (Wildman–Crippen LogP) is 3.57. The largest absolute Gasteiger partial charge is 0.511 e. The SMILES string of the molecule is Cc1ccc2ccc(C3=C(O)CCCC3=O)nc2c1. The van der Waals surface area contributed by atoms with Crippen molar-refractivity contribution in [2.24, 2.45) is 0 Å². The van der Waals surface area contributed by atoms with E-state index >= 15 is 0 Å². The maximum Gasteiger partial charge on any atom is 0.168 e. The van der Waals surface area contributed by atoms with Crippen LogP contribution in [0.4, 0.5) is 0 Å². The van der Waals surface area contributed by atoms with E-state index in [0.29, 0.717) is 24.1 Å². The van der Waals surface area contributed by atoms with Crippen LogP contribution in [0.25, 0.3) is 16.5 Å². The summed E-state index contributed by atoms with van der Waals surface area (Å²) in [6.45, 7) is 2.01. The van der Waals surface area contributed by atoms with Crippen molar-refractivity contribution < 1.29 is 9.90 Å². The number of pyridine rings is 1. The van der Waals surface area contributed by atoms with Crippen LogP contribution in [0.1, 0.15) is 30.5 Å². The molecule has 0 radical (unpaired) electrons. The van der Waals surface area contributed by atoms with E-state index in [1.54, 1.807) is 0 Å². The van der Waals surface area contributed by atoms with Crippen LogP contribution in [0, 0.1) is 6.92 Å². The molecule has 0 atom stereocenters. The number of aromatic nitrogens is 1. The molecule has 0 fully saturated rings. The van der Waals surface area contributed by atoms with Crippen molar-refractivity contribution in [3.05, 3.63) is 47.3 Å². The lowest BCUT2D eigenvalue weighted by Gasteiger charge is -2.15. The Balaban J connectivity index is 2.17. The summed E-state index contributed by atoms with van der Waals surface area (Å²) in [5.74, 6) is 0.166. The first-order chi connectivity index (χ1) is 9.15. The zero-order valence-electron chi connectivity index (χ0n) is 10.8. The Labute approximate surface area is 111 Å². The van der Waals surface area contributed by atoms with Crippen molar-refractivity contribution in [2.45, 2.75) is 26.2 Å². The highest BCUT2D eigenvalue weighted by atomic mass is 16.3. The molecule has 0 unspecified atom stereocenters. The van der Waals surface area contributed by atoms with E-state index in [1.807, 2.05) is 37.3 Å². The number of carbonyl (C=O) groups excluding carboxylic acids is 1. The van der Waals surface area contributed by atoms with Crippen LogP contribution in [0.2, 0.25) is 0 Å². The van der Waals surface area contributed by atoms with Crippen LogP contribution in [-0.4, -0.2) is 15.9 Å². The molecular weight excluding hydrogens is 238 g/mol. The van der Waals surface area contributed by atoms with Crippen molar-refractivity contribution in [1.29, 1.82) is 0 Å². The molecule has 96 valence electrons. The molecule has 0 amide bonds. The minimum absolute atomic E-state index is 0.0109. The average molecular weight is 253 g/mol. The molecule has 1 aliphatic rings. The van der Waals surface area contributed by atoms with Crippen LogP contribution in [0.15, 0.2) is 36.1 Å². The topological polar surface area (TPSA) is 50.2 Å². The number of aliphatic hydroxyl groups is 1. The van der Waals surface area contributed by atoms with E-state index in [-0.39, 0.29) is 11.5 Å². The predicted molar refractivity (Wildman–Crippen MR) is 74.9 cm³/mol. The molecule has 0 aliphatic heterocycles. The van der Waals surface area contributed by atoms with Gasteiger partial charge in [-0.05, 0) is 31.0 Å². The highest BCUT2D eigenvalue weighted by molar-refractivity contribution is 6.21. The van der Waals surface area contributed by atoms with Gasteiger partial charge in [-0.25, -0.2) is 4.98 Å². The lowest BCUT2D eigenvalue weighted by Crippen LogP contribution is -2.11. The average Bonchev–Trinajstić information content (AvgIpc) is 2.38. The van der Waals surface area contributed by atoms with Crippen LogP contribution in [0.5, 0.6) is 0 Å². The molecule has 0 saturated carbocycles. The van der Waals surface area contributed by atoms with Gasteiger partial charge in [0.2, 0.25) is 0 Å². The molecule has 1 N–H and O–H groups in total. The number of aliphatic hydroxyl groups excluding tert-OH is 1. The lowest BCUT2D eigenvalue weighted by molar-refractivity contribution is -0.114. The van der Waals surface area contributed by atoms with Gasteiger partial charge in [-0.2, -0.15) is 0 Å². The Morgan fingerprint density at radius 1 is 1.16 bits per heavy atom. The fourth-order valence-corrected chi connectivity index (χ4v) is 2.48. The fourth-order valence-electron chi connectivity index (χ4n) is 2.48. The molecule has 3 rings (SSSR count). The van der Waals surface area contributed by atoms with Crippen LogP contribution < -0.4 is 0 Å². The number of rotatable bonds is 1. The van der Waals surface area contributed by atoms with Gasteiger partial charge in [0.05, 0.1) is 16.8 Å². The zero-order valence-corrected chi connectivity index (χ0v) is 10.8. The summed E-state index contributed by atoms with van der Waals surface area (Å²) in [5.41, 5.74) is 2.97. The summed E-state index contributed by atoms with van der Waals surface area (Å²) in [6.07, 6.45) is 1.78. The second-order valence-corrected chi connectivity index (χ2v) is 4.99. The van der Waals surface area contributed by atoms with E-state index in [1.165, 1.54) is 0 Å². The highest BCUT2D eigenvalue weighted by Gasteiger charge is 2.22. The number of fused-ring (bicyclic) bond motifs is 1. The Kier molecular flexibility index (Phi) is 2.82. The summed E-state index contributed by atoms with van der Waals surface area (Å²) < 4.78 is 0. The first kappa shape index (κ1) is 11.9. The standard InChI is InChI=1S/C16H15NO2/c1-10-5-6-11-7-8-12(17-13(11)9-10)16-14(18)3-2-4-15(16)19/h5-9,18H,2-4H2,1H3. The van der Waals surface area contributed by atoms with Gasteiger partial charge in [0.25, 0.3) is 0 Å². The van der Waals surface area contributed by atoms with Gasteiger partial charge in [0.1, 0.15) is 5.76 Å². The minimum Gasteiger partial charge on any atom is -0.511 e. The van der Waals surface area contributed by atoms with E-state index in [4.69, 9.17) is 0 Å². The van der Waals surface area contributed by atoms with Gasteiger partial charge < -0.3 is 5.11 Å². The maximum atomic E-state index is 12.0. The van der Waals surface area contributed by atoms with Crippen molar-refractivity contribution in [1.82, 2.24) is 4.98 Å². The van der Waals surface area contributed by atoms with Gasteiger partial charge in [0.15, 0.2) is 5.78 Å². The maximum absolute atomic E-state index is 12.0. The van der Waals surface area contributed by atoms with E-state index in [0.717, 1.165) is 22.9 Å². The molecule has 1 heterocycles. The number of nitrogens with zero attached hydrogens (tertiary/aromatic N) is 1. The van der Waals surface area contributed by atoms with Crippen molar-refractivity contribution in [3.63, 3.8) is 0 Å². The lowest BCUT2D eigenvalue weighted by atomic mass is 9.93. The van der Waals surface area contributed by atoms with Crippen LogP contribution >= 0.6 is 0 Å².